The van der Waals surface area contributed by atoms with Gasteiger partial charge in [-0.2, -0.15) is 0 Å². The molecule has 0 bridgehead atoms. The molecule has 0 saturated carbocycles. The molecule has 0 radical (unpaired) electrons. The number of phenolic OH excluding ortho intramolecular Hbond substituents is 1. The van der Waals surface area contributed by atoms with Crippen molar-refractivity contribution in [2.45, 2.75) is 0 Å². The second kappa shape index (κ2) is 3.04. The van der Waals surface area contributed by atoms with E-state index in [1.54, 1.807) is 6.07 Å². The normalized spacial score (nSPS) is 9.90. The van der Waals surface area contributed by atoms with Crippen LogP contribution in [0.5, 0.6) is 5.75 Å². The summed E-state index contributed by atoms with van der Waals surface area (Å²) in [5.41, 5.74) is 0. The predicted molar refractivity (Wildman–Crippen MR) is 48.5 cm³/mol. The van der Waals surface area contributed by atoms with E-state index in [9.17, 15) is 4.39 Å². The van der Waals surface area contributed by atoms with Crippen LogP contribution in [-0.2, 0) is 0 Å². The zero-order valence-corrected chi connectivity index (χ0v) is 8.48. The number of aromatic hydroxyl groups is 1. The largest absolute Gasteiger partial charge is 0.505 e. The van der Waals surface area contributed by atoms with Crippen LogP contribution in [0, 0.1) is 9.39 Å². The molecule has 1 rings (SSSR count). The molecule has 1 aromatic carbocycles. The van der Waals surface area contributed by atoms with Gasteiger partial charge in [0.25, 0.3) is 0 Å². The molecular weight excluding hydrogens is 314 g/mol. The van der Waals surface area contributed by atoms with Gasteiger partial charge in [0.05, 0.1) is 3.57 Å². The fraction of sp³-hybridized carbons (Fsp3) is 0. The molecule has 0 unspecified atom stereocenters. The van der Waals surface area contributed by atoms with Crippen LogP contribution in [0.1, 0.15) is 0 Å². The van der Waals surface area contributed by atoms with Crippen LogP contribution in [0.3, 0.4) is 0 Å². The molecule has 0 spiro atoms. The van der Waals surface area contributed by atoms with E-state index in [2.05, 4.69) is 15.9 Å². The summed E-state index contributed by atoms with van der Waals surface area (Å²) in [6.07, 6.45) is 0. The smallest absolute Gasteiger partial charge is 0.178 e. The summed E-state index contributed by atoms with van der Waals surface area (Å²) < 4.78 is 13.7. The van der Waals surface area contributed by atoms with E-state index in [-0.39, 0.29) is 5.75 Å². The molecule has 0 aliphatic carbocycles. The molecule has 0 amide bonds. The van der Waals surface area contributed by atoms with Gasteiger partial charge < -0.3 is 5.11 Å². The quantitative estimate of drug-likeness (QED) is 0.576. The Morgan fingerprint density at radius 3 is 2.60 bits per heavy atom. The molecule has 0 aromatic heterocycles. The minimum atomic E-state index is -0.566. The Balaban J connectivity index is 3.31. The van der Waals surface area contributed by atoms with Gasteiger partial charge in [0, 0.05) is 4.47 Å². The number of rotatable bonds is 0. The maximum atomic E-state index is 12.6. The van der Waals surface area contributed by atoms with E-state index in [0.29, 0.717) is 8.04 Å². The third-order valence-electron chi connectivity index (χ3n) is 0.974. The first-order valence-electron chi connectivity index (χ1n) is 2.45. The lowest BCUT2D eigenvalue weighted by Crippen LogP contribution is -1.81. The highest BCUT2D eigenvalue weighted by atomic mass is 127. The zero-order valence-electron chi connectivity index (χ0n) is 4.74. The fourth-order valence-corrected chi connectivity index (χ4v) is 2.03. The summed E-state index contributed by atoms with van der Waals surface area (Å²) in [6.45, 7) is 0. The summed E-state index contributed by atoms with van der Waals surface area (Å²) >= 11 is 4.93. The standard InChI is InChI=1S/C6H3BrFIO/c7-3-1-4(9)6(8)5(10)2-3/h1-2,10H. The van der Waals surface area contributed by atoms with Crippen molar-refractivity contribution in [2.75, 3.05) is 0 Å². The topological polar surface area (TPSA) is 20.2 Å². The Morgan fingerprint density at radius 1 is 1.50 bits per heavy atom. The number of hydrogen-bond donors (Lipinski definition) is 1. The van der Waals surface area contributed by atoms with Crippen molar-refractivity contribution in [3.63, 3.8) is 0 Å². The van der Waals surface area contributed by atoms with E-state index in [4.69, 9.17) is 5.11 Å². The monoisotopic (exact) mass is 316 g/mol. The van der Waals surface area contributed by atoms with Gasteiger partial charge in [-0.1, -0.05) is 15.9 Å². The minimum Gasteiger partial charge on any atom is -0.505 e. The average Bonchev–Trinajstić information content (AvgIpc) is 1.82. The first kappa shape index (κ1) is 8.26. The first-order chi connectivity index (χ1) is 4.61. The Hall–Kier alpha value is 0.160. The molecule has 10 heavy (non-hydrogen) atoms. The number of phenols is 1. The molecule has 0 aliphatic rings. The molecule has 0 fully saturated rings. The van der Waals surface area contributed by atoms with Crippen LogP contribution < -0.4 is 0 Å². The van der Waals surface area contributed by atoms with Crippen molar-refractivity contribution < 1.29 is 9.50 Å². The third-order valence-corrected chi connectivity index (χ3v) is 2.22. The summed E-state index contributed by atoms with van der Waals surface area (Å²) in [7, 11) is 0. The van der Waals surface area contributed by atoms with E-state index in [1.165, 1.54) is 6.07 Å². The van der Waals surface area contributed by atoms with Gasteiger partial charge in [0.2, 0.25) is 0 Å². The fourth-order valence-electron chi connectivity index (χ4n) is 0.542. The lowest BCUT2D eigenvalue weighted by Gasteiger charge is -1.97. The molecule has 0 atom stereocenters. The van der Waals surface area contributed by atoms with Gasteiger partial charge >= 0.3 is 0 Å². The maximum Gasteiger partial charge on any atom is 0.178 e. The van der Waals surface area contributed by atoms with Gasteiger partial charge in [-0.15, -0.1) is 0 Å². The van der Waals surface area contributed by atoms with E-state index in [0.717, 1.165) is 0 Å². The van der Waals surface area contributed by atoms with Crippen molar-refractivity contribution in [1.29, 1.82) is 0 Å². The van der Waals surface area contributed by atoms with E-state index in [1.807, 2.05) is 22.6 Å². The van der Waals surface area contributed by atoms with Gasteiger partial charge in [-0.05, 0) is 34.7 Å². The van der Waals surface area contributed by atoms with Gasteiger partial charge in [0.1, 0.15) is 0 Å². The van der Waals surface area contributed by atoms with E-state index < -0.39 is 5.82 Å². The highest BCUT2D eigenvalue weighted by Gasteiger charge is 2.05. The lowest BCUT2D eigenvalue weighted by atomic mass is 10.3. The second-order valence-corrected chi connectivity index (χ2v) is 3.80. The van der Waals surface area contributed by atoms with Gasteiger partial charge in [-0.25, -0.2) is 4.39 Å². The molecule has 0 heterocycles. The van der Waals surface area contributed by atoms with Crippen molar-refractivity contribution in [3.8, 4) is 5.75 Å². The molecular formula is C6H3BrFIO. The Morgan fingerprint density at radius 2 is 2.10 bits per heavy atom. The molecule has 1 aromatic rings. The van der Waals surface area contributed by atoms with E-state index >= 15 is 0 Å². The van der Waals surface area contributed by atoms with Crippen molar-refractivity contribution in [1.82, 2.24) is 0 Å². The van der Waals surface area contributed by atoms with Crippen LogP contribution >= 0.6 is 38.5 Å². The second-order valence-electron chi connectivity index (χ2n) is 1.72. The Labute approximate surface area is 79.5 Å². The number of halogens is 3. The maximum absolute atomic E-state index is 12.6. The van der Waals surface area contributed by atoms with Crippen molar-refractivity contribution >= 4 is 38.5 Å². The van der Waals surface area contributed by atoms with Crippen LogP contribution in [0.2, 0.25) is 0 Å². The lowest BCUT2D eigenvalue weighted by molar-refractivity contribution is 0.430. The average molecular weight is 317 g/mol. The van der Waals surface area contributed by atoms with Crippen LogP contribution in [0.4, 0.5) is 4.39 Å². The number of benzene rings is 1. The van der Waals surface area contributed by atoms with Gasteiger partial charge in [0.15, 0.2) is 11.6 Å². The molecule has 54 valence electrons. The SMILES string of the molecule is Oc1cc(Br)cc(I)c1F. The summed E-state index contributed by atoms with van der Waals surface area (Å²) in [5.74, 6) is -0.887. The highest BCUT2D eigenvalue weighted by molar-refractivity contribution is 14.1. The van der Waals surface area contributed by atoms with Crippen molar-refractivity contribution in [3.05, 3.63) is 26.0 Å². The Kier molecular flexibility index (Phi) is 2.51. The molecule has 0 saturated heterocycles. The zero-order chi connectivity index (χ0) is 7.72. The Bertz CT molecular complexity index is 241. The molecule has 1 N–H and O–H groups in total. The molecule has 1 nitrogen and oxygen atoms in total. The summed E-state index contributed by atoms with van der Waals surface area (Å²) in [5, 5.41) is 8.87. The predicted octanol–water partition coefficient (Wildman–Crippen LogP) is 2.90. The summed E-state index contributed by atoms with van der Waals surface area (Å²) in [4.78, 5) is 0. The number of hydrogen-bond acceptors (Lipinski definition) is 1. The van der Waals surface area contributed by atoms with Crippen LogP contribution in [-0.4, -0.2) is 5.11 Å². The minimum absolute atomic E-state index is 0.321. The highest BCUT2D eigenvalue weighted by Crippen LogP contribution is 2.25. The molecule has 4 heteroatoms. The third kappa shape index (κ3) is 1.60. The van der Waals surface area contributed by atoms with Crippen LogP contribution in [0.15, 0.2) is 16.6 Å². The molecule has 0 aliphatic heterocycles. The van der Waals surface area contributed by atoms with Crippen molar-refractivity contribution in [2.24, 2.45) is 0 Å². The van der Waals surface area contributed by atoms with Crippen LogP contribution in [0.25, 0.3) is 0 Å². The van der Waals surface area contributed by atoms with Gasteiger partial charge in [-0.3, -0.25) is 0 Å². The first-order valence-corrected chi connectivity index (χ1v) is 4.32. The summed E-state index contributed by atoms with van der Waals surface area (Å²) in [6, 6.07) is 2.91.